The molecule has 20 heavy (non-hydrogen) atoms. The molecule has 0 bridgehead atoms. The van der Waals surface area contributed by atoms with Crippen molar-refractivity contribution in [2.45, 2.75) is 6.54 Å². The number of pyridine rings is 1. The van der Waals surface area contributed by atoms with Gasteiger partial charge in [-0.1, -0.05) is 17.7 Å². The molecule has 0 unspecified atom stereocenters. The summed E-state index contributed by atoms with van der Waals surface area (Å²) in [5.41, 5.74) is 0.617. The highest BCUT2D eigenvalue weighted by molar-refractivity contribution is 6.31. The molecular formula is C14H12ClFN2O2. The Morgan fingerprint density at radius 2 is 2.00 bits per heavy atom. The summed E-state index contributed by atoms with van der Waals surface area (Å²) in [4.78, 5) is 13.5. The van der Waals surface area contributed by atoms with Crippen molar-refractivity contribution in [3.05, 3.63) is 69.9 Å². The van der Waals surface area contributed by atoms with E-state index in [4.69, 9.17) is 11.6 Å². The van der Waals surface area contributed by atoms with Gasteiger partial charge in [-0.05, 0) is 12.1 Å². The molecule has 2 aromatic rings. The number of aromatic nitrogens is 1. The van der Waals surface area contributed by atoms with Gasteiger partial charge in [-0.15, -0.1) is 0 Å². The number of nitrogens with zero attached hydrogens (tertiary/aromatic N) is 2. The van der Waals surface area contributed by atoms with Crippen LogP contribution in [0.2, 0.25) is 5.02 Å². The third kappa shape index (κ3) is 3.05. The third-order valence-electron chi connectivity index (χ3n) is 2.85. The fourth-order valence-electron chi connectivity index (χ4n) is 1.77. The Balaban J connectivity index is 2.17. The van der Waals surface area contributed by atoms with E-state index in [9.17, 15) is 14.4 Å². The Kier molecular flexibility index (Phi) is 4.20. The van der Waals surface area contributed by atoms with Crippen LogP contribution in [-0.2, 0) is 6.54 Å². The first-order valence-electron chi connectivity index (χ1n) is 5.86. The Hall–Kier alpha value is -2.14. The van der Waals surface area contributed by atoms with Gasteiger partial charge in [-0.25, -0.2) is 4.39 Å². The van der Waals surface area contributed by atoms with Crippen LogP contribution in [0.3, 0.4) is 0 Å². The lowest BCUT2D eigenvalue weighted by molar-refractivity contribution is -0.605. The van der Waals surface area contributed by atoms with Crippen molar-refractivity contribution in [3.63, 3.8) is 0 Å². The van der Waals surface area contributed by atoms with Crippen molar-refractivity contribution in [1.82, 2.24) is 4.90 Å². The summed E-state index contributed by atoms with van der Waals surface area (Å²) in [6.45, 7) is 0.0522. The number of hydrogen-bond donors (Lipinski definition) is 0. The molecule has 0 saturated heterocycles. The lowest BCUT2D eigenvalue weighted by atomic mass is 10.2. The highest BCUT2D eigenvalue weighted by Gasteiger charge is 2.16. The van der Waals surface area contributed by atoms with Gasteiger partial charge in [0, 0.05) is 36.3 Å². The highest BCUT2D eigenvalue weighted by atomic mass is 35.5. The molecule has 4 nitrogen and oxygen atoms in total. The van der Waals surface area contributed by atoms with Crippen LogP contribution in [0.15, 0.2) is 42.7 Å². The van der Waals surface area contributed by atoms with E-state index >= 15 is 0 Å². The molecule has 0 radical (unpaired) electrons. The quantitative estimate of drug-likeness (QED) is 0.644. The molecule has 104 valence electrons. The van der Waals surface area contributed by atoms with Gasteiger partial charge in [-0.2, -0.15) is 4.73 Å². The Labute approximate surface area is 120 Å². The topological polar surface area (TPSA) is 47.2 Å². The van der Waals surface area contributed by atoms with Crippen LogP contribution in [0, 0.1) is 11.0 Å². The molecule has 0 atom stereocenters. The van der Waals surface area contributed by atoms with Crippen molar-refractivity contribution in [2.24, 2.45) is 0 Å². The molecule has 0 spiro atoms. The Morgan fingerprint density at radius 1 is 1.35 bits per heavy atom. The maximum atomic E-state index is 13.7. The van der Waals surface area contributed by atoms with Crippen molar-refractivity contribution >= 4 is 17.5 Å². The smallest absolute Gasteiger partial charge is 0.254 e. The summed E-state index contributed by atoms with van der Waals surface area (Å²) in [6.07, 6.45) is 2.47. The van der Waals surface area contributed by atoms with Gasteiger partial charge in [-0.3, -0.25) is 4.79 Å². The van der Waals surface area contributed by atoms with E-state index in [1.54, 1.807) is 13.1 Å². The average Bonchev–Trinajstić information content (AvgIpc) is 2.43. The number of hydrogen-bond acceptors (Lipinski definition) is 2. The summed E-state index contributed by atoms with van der Waals surface area (Å²) >= 11 is 5.92. The third-order valence-corrected chi connectivity index (χ3v) is 3.21. The molecule has 1 amide bonds. The van der Waals surface area contributed by atoms with Crippen molar-refractivity contribution < 1.29 is 13.9 Å². The number of carbonyl (C=O) groups excluding carboxylic acids is 1. The normalized spacial score (nSPS) is 10.3. The minimum atomic E-state index is -0.456. The predicted molar refractivity (Wildman–Crippen MR) is 72.6 cm³/mol. The number of benzene rings is 1. The molecule has 1 aromatic heterocycles. The zero-order chi connectivity index (χ0) is 14.7. The second kappa shape index (κ2) is 5.88. The lowest BCUT2D eigenvalue weighted by Crippen LogP contribution is -2.29. The first kappa shape index (κ1) is 14.3. The second-order valence-electron chi connectivity index (χ2n) is 4.31. The van der Waals surface area contributed by atoms with Crippen molar-refractivity contribution in [2.75, 3.05) is 7.05 Å². The first-order chi connectivity index (χ1) is 9.49. The summed E-state index contributed by atoms with van der Waals surface area (Å²) in [6, 6.07) is 7.19. The van der Waals surface area contributed by atoms with Gasteiger partial charge in [0.15, 0.2) is 12.4 Å². The second-order valence-corrected chi connectivity index (χ2v) is 4.72. The molecular weight excluding hydrogens is 283 g/mol. The zero-order valence-electron chi connectivity index (χ0n) is 10.7. The fraction of sp³-hybridized carbons (Fsp3) is 0.143. The molecule has 0 aliphatic rings. The monoisotopic (exact) mass is 294 g/mol. The molecule has 0 fully saturated rings. The molecule has 6 heteroatoms. The molecule has 1 aromatic carbocycles. The molecule has 0 saturated carbocycles. The predicted octanol–water partition coefficient (Wildman–Crippen LogP) is 2.38. The van der Waals surface area contributed by atoms with Gasteiger partial charge < -0.3 is 10.1 Å². The summed E-state index contributed by atoms with van der Waals surface area (Å²) in [7, 11) is 1.54. The van der Waals surface area contributed by atoms with E-state index in [1.165, 1.54) is 41.6 Å². The van der Waals surface area contributed by atoms with E-state index in [-0.39, 0.29) is 23.0 Å². The van der Waals surface area contributed by atoms with E-state index in [0.29, 0.717) is 10.3 Å². The SMILES string of the molecule is CN(Cc1c(F)cccc1Cl)C(=O)c1cc[n+]([O-])cc1. The van der Waals surface area contributed by atoms with Crippen molar-refractivity contribution in [1.29, 1.82) is 0 Å². The van der Waals surface area contributed by atoms with E-state index in [2.05, 4.69) is 0 Å². The Bertz CT molecular complexity index is 611. The summed E-state index contributed by atoms with van der Waals surface area (Å²) < 4.78 is 14.3. The van der Waals surface area contributed by atoms with Crippen LogP contribution in [0.25, 0.3) is 0 Å². The molecule has 0 aliphatic carbocycles. The number of carbonyl (C=O) groups is 1. The van der Waals surface area contributed by atoms with E-state index in [0.717, 1.165) is 0 Å². The minimum Gasteiger partial charge on any atom is -0.619 e. The van der Waals surface area contributed by atoms with Gasteiger partial charge in [0.2, 0.25) is 0 Å². The number of halogens is 2. The van der Waals surface area contributed by atoms with Crippen LogP contribution in [0.4, 0.5) is 4.39 Å². The van der Waals surface area contributed by atoms with E-state index < -0.39 is 5.82 Å². The molecule has 2 rings (SSSR count). The van der Waals surface area contributed by atoms with Crippen LogP contribution < -0.4 is 4.73 Å². The van der Waals surface area contributed by atoms with Gasteiger partial charge >= 0.3 is 0 Å². The lowest BCUT2D eigenvalue weighted by Gasteiger charge is -2.18. The maximum Gasteiger partial charge on any atom is 0.254 e. The number of amides is 1. The van der Waals surface area contributed by atoms with Crippen LogP contribution >= 0.6 is 11.6 Å². The van der Waals surface area contributed by atoms with Crippen LogP contribution in [-0.4, -0.2) is 17.9 Å². The zero-order valence-corrected chi connectivity index (χ0v) is 11.5. The fourth-order valence-corrected chi connectivity index (χ4v) is 1.99. The average molecular weight is 295 g/mol. The largest absolute Gasteiger partial charge is 0.619 e. The Morgan fingerprint density at radius 3 is 2.60 bits per heavy atom. The van der Waals surface area contributed by atoms with Crippen LogP contribution in [0.5, 0.6) is 0 Å². The highest BCUT2D eigenvalue weighted by Crippen LogP contribution is 2.20. The first-order valence-corrected chi connectivity index (χ1v) is 6.24. The number of rotatable bonds is 3. The minimum absolute atomic E-state index is 0.0522. The van der Waals surface area contributed by atoms with Gasteiger partial charge in [0.1, 0.15) is 5.82 Å². The van der Waals surface area contributed by atoms with Crippen molar-refractivity contribution in [3.8, 4) is 0 Å². The molecule has 1 heterocycles. The standard InChI is InChI=1S/C14H12ClFN2O2/c1-17(9-11-12(15)3-2-4-13(11)16)14(19)10-5-7-18(20)8-6-10/h2-8H,9H2,1H3. The maximum absolute atomic E-state index is 13.7. The van der Waals surface area contributed by atoms with Gasteiger partial charge in [0.25, 0.3) is 5.91 Å². The molecule has 0 N–H and O–H groups in total. The summed E-state index contributed by atoms with van der Waals surface area (Å²) in [5, 5.41) is 11.2. The van der Waals surface area contributed by atoms with E-state index in [1.807, 2.05) is 0 Å². The summed E-state index contributed by atoms with van der Waals surface area (Å²) in [5.74, 6) is -0.771. The van der Waals surface area contributed by atoms with Gasteiger partial charge in [0.05, 0.1) is 5.56 Å². The van der Waals surface area contributed by atoms with Crippen LogP contribution in [0.1, 0.15) is 15.9 Å². The molecule has 0 aliphatic heterocycles.